The zero-order valence-electron chi connectivity index (χ0n) is 13.1. The number of ether oxygens (including phenoxy) is 2. The van der Waals surface area contributed by atoms with Crippen molar-refractivity contribution in [3.63, 3.8) is 0 Å². The fourth-order valence-corrected chi connectivity index (χ4v) is 1.93. The van der Waals surface area contributed by atoms with Crippen LogP contribution >= 0.6 is 0 Å². The van der Waals surface area contributed by atoms with Gasteiger partial charge >= 0.3 is 6.09 Å². The number of rotatable bonds is 7. The Kier molecular flexibility index (Phi) is 6.44. The van der Waals surface area contributed by atoms with Gasteiger partial charge in [-0.2, -0.15) is 0 Å². The van der Waals surface area contributed by atoms with Gasteiger partial charge < -0.3 is 19.9 Å². The number of alkyl carbamates (subject to hydrolysis) is 1. The molecule has 1 amide bonds. The van der Waals surface area contributed by atoms with Crippen molar-refractivity contribution in [2.24, 2.45) is 0 Å². The molecule has 0 saturated heterocycles. The van der Waals surface area contributed by atoms with E-state index in [-0.39, 0.29) is 19.8 Å². The first kappa shape index (κ1) is 16.8. The van der Waals surface area contributed by atoms with Crippen LogP contribution in [0.1, 0.15) is 11.1 Å². The van der Waals surface area contributed by atoms with E-state index in [4.69, 9.17) is 9.47 Å². The smallest absolute Gasteiger partial charge is 0.407 e. The molecule has 0 aliphatic heterocycles. The van der Waals surface area contributed by atoms with Gasteiger partial charge in [0.2, 0.25) is 0 Å². The van der Waals surface area contributed by atoms with Crippen LogP contribution in [0.25, 0.3) is 0 Å². The predicted molar refractivity (Wildman–Crippen MR) is 87.3 cm³/mol. The number of hydrogen-bond acceptors (Lipinski definition) is 4. The van der Waals surface area contributed by atoms with Gasteiger partial charge in [-0.25, -0.2) is 4.79 Å². The highest BCUT2D eigenvalue weighted by molar-refractivity contribution is 5.67. The number of aryl methyl sites for hydroxylation is 1. The van der Waals surface area contributed by atoms with Crippen molar-refractivity contribution in [3.05, 3.63) is 65.7 Å². The van der Waals surface area contributed by atoms with E-state index in [9.17, 15) is 9.90 Å². The second-order valence-electron chi connectivity index (χ2n) is 5.22. The molecule has 0 aliphatic carbocycles. The third-order valence-electron chi connectivity index (χ3n) is 3.13. The number of carbonyl (C=O) groups is 1. The third-order valence-corrected chi connectivity index (χ3v) is 3.13. The average molecular weight is 315 g/mol. The molecular weight excluding hydrogens is 294 g/mol. The highest BCUT2D eigenvalue weighted by Crippen LogP contribution is 2.12. The minimum absolute atomic E-state index is 0.0689. The zero-order chi connectivity index (χ0) is 16.5. The van der Waals surface area contributed by atoms with Gasteiger partial charge in [-0.1, -0.05) is 42.5 Å². The highest BCUT2D eigenvalue weighted by Gasteiger charge is 2.09. The molecule has 2 N–H and O–H groups in total. The van der Waals surface area contributed by atoms with E-state index in [0.717, 1.165) is 11.1 Å². The van der Waals surface area contributed by atoms with Gasteiger partial charge in [-0.15, -0.1) is 0 Å². The number of amides is 1. The normalized spacial score (nSPS) is 11.6. The molecular formula is C18H21NO4. The van der Waals surface area contributed by atoms with Gasteiger partial charge in [0.15, 0.2) is 0 Å². The Hall–Kier alpha value is -2.53. The van der Waals surface area contributed by atoms with Crippen LogP contribution in [0.4, 0.5) is 4.79 Å². The molecule has 0 aromatic heterocycles. The minimum atomic E-state index is -0.806. The van der Waals surface area contributed by atoms with Crippen molar-refractivity contribution in [2.75, 3.05) is 13.2 Å². The van der Waals surface area contributed by atoms with Crippen LogP contribution < -0.4 is 10.1 Å². The summed E-state index contributed by atoms with van der Waals surface area (Å²) in [5.41, 5.74) is 1.99. The number of aliphatic hydroxyl groups excluding tert-OH is 1. The van der Waals surface area contributed by atoms with E-state index >= 15 is 0 Å². The first-order chi connectivity index (χ1) is 11.1. The van der Waals surface area contributed by atoms with E-state index in [0.29, 0.717) is 5.75 Å². The molecule has 5 heteroatoms. The number of hydrogen-bond donors (Lipinski definition) is 2. The summed E-state index contributed by atoms with van der Waals surface area (Å²) < 4.78 is 10.5. The maximum atomic E-state index is 11.6. The van der Waals surface area contributed by atoms with Gasteiger partial charge in [-0.05, 0) is 30.2 Å². The summed E-state index contributed by atoms with van der Waals surface area (Å²) in [5, 5.41) is 12.3. The van der Waals surface area contributed by atoms with Crippen LogP contribution in [0.15, 0.2) is 54.6 Å². The summed E-state index contributed by atoms with van der Waals surface area (Å²) in [5.74, 6) is 0.690. The van der Waals surface area contributed by atoms with Crippen LogP contribution in [0.5, 0.6) is 5.75 Å². The van der Waals surface area contributed by atoms with Crippen LogP contribution in [0, 0.1) is 6.92 Å². The molecule has 1 atom stereocenters. The molecule has 0 bridgehead atoms. The third kappa shape index (κ3) is 6.40. The Morgan fingerprint density at radius 3 is 2.70 bits per heavy atom. The lowest BCUT2D eigenvalue weighted by molar-refractivity contribution is 0.0965. The van der Waals surface area contributed by atoms with Crippen molar-refractivity contribution in [2.45, 2.75) is 19.6 Å². The first-order valence-corrected chi connectivity index (χ1v) is 7.45. The van der Waals surface area contributed by atoms with E-state index in [1.54, 1.807) is 0 Å². The van der Waals surface area contributed by atoms with Crippen LogP contribution in [0.2, 0.25) is 0 Å². The maximum Gasteiger partial charge on any atom is 0.407 e. The molecule has 0 heterocycles. The second-order valence-corrected chi connectivity index (χ2v) is 5.22. The fourth-order valence-electron chi connectivity index (χ4n) is 1.93. The Bertz CT molecular complexity index is 615. The zero-order valence-corrected chi connectivity index (χ0v) is 13.1. The van der Waals surface area contributed by atoms with Crippen LogP contribution in [0.3, 0.4) is 0 Å². The molecule has 2 rings (SSSR count). The van der Waals surface area contributed by atoms with Crippen molar-refractivity contribution in [1.82, 2.24) is 5.32 Å². The monoisotopic (exact) mass is 315 g/mol. The lowest BCUT2D eigenvalue weighted by atomic mass is 10.2. The summed E-state index contributed by atoms with van der Waals surface area (Å²) >= 11 is 0. The maximum absolute atomic E-state index is 11.6. The summed E-state index contributed by atoms with van der Waals surface area (Å²) in [6.45, 7) is 2.33. The lowest BCUT2D eigenvalue weighted by Gasteiger charge is -2.13. The van der Waals surface area contributed by atoms with E-state index in [1.165, 1.54) is 0 Å². The van der Waals surface area contributed by atoms with Crippen molar-refractivity contribution < 1.29 is 19.4 Å². The molecule has 0 spiro atoms. The van der Waals surface area contributed by atoms with E-state index in [2.05, 4.69) is 5.32 Å². The number of carbonyl (C=O) groups excluding carboxylic acids is 1. The molecule has 2 aromatic carbocycles. The first-order valence-electron chi connectivity index (χ1n) is 7.45. The Labute approximate surface area is 135 Å². The largest absolute Gasteiger partial charge is 0.491 e. The Balaban J connectivity index is 1.63. The molecule has 122 valence electrons. The Morgan fingerprint density at radius 2 is 1.96 bits per heavy atom. The molecule has 0 fully saturated rings. The number of benzene rings is 2. The summed E-state index contributed by atoms with van der Waals surface area (Å²) in [6, 6.07) is 17.0. The second kappa shape index (κ2) is 8.80. The van der Waals surface area contributed by atoms with Crippen LogP contribution in [-0.2, 0) is 11.3 Å². The van der Waals surface area contributed by atoms with E-state index in [1.807, 2.05) is 61.5 Å². The standard InChI is InChI=1S/C18H21NO4/c1-14-6-5-9-17(10-14)22-13-16(20)11-19-18(21)23-12-15-7-3-2-4-8-15/h2-10,16,20H,11-13H2,1H3,(H,19,21). The molecule has 0 saturated carbocycles. The topological polar surface area (TPSA) is 67.8 Å². The van der Waals surface area contributed by atoms with Gasteiger partial charge in [0.1, 0.15) is 25.1 Å². The molecule has 5 nitrogen and oxygen atoms in total. The van der Waals surface area contributed by atoms with Gasteiger partial charge in [0.05, 0.1) is 6.54 Å². The van der Waals surface area contributed by atoms with Gasteiger partial charge in [0, 0.05) is 0 Å². The summed E-state index contributed by atoms with van der Waals surface area (Å²) in [6.07, 6.45) is -1.37. The quantitative estimate of drug-likeness (QED) is 0.824. The summed E-state index contributed by atoms with van der Waals surface area (Å²) in [4.78, 5) is 11.6. The minimum Gasteiger partial charge on any atom is -0.491 e. The molecule has 2 aromatic rings. The predicted octanol–water partition coefficient (Wildman–Crippen LogP) is 2.66. The van der Waals surface area contributed by atoms with Crippen molar-refractivity contribution in [3.8, 4) is 5.75 Å². The molecule has 23 heavy (non-hydrogen) atoms. The van der Waals surface area contributed by atoms with Gasteiger partial charge in [0.25, 0.3) is 0 Å². The van der Waals surface area contributed by atoms with Crippen molar-refractivity contribution >= 4 is 6.09 Å². The Morgan fingerprint density at radius 1 is 1.17 bits per heavy atom. The average Bonchev–Trinajstić information content (AvgIpc) is 2.57. The fraction of sp³-hybridized carbons (Fsp3) is 0.278. The molecule has 0 radical (unpaired) electrons. The SMILES string of the molecule is Cc1cccc(OCC(O)CNC(=O)OCc2ccccc2)c1. The van der Waals surface area contributed by atoms with E-state index < -0.39 is 12.2 Å². The van der Waals surface area contributed by atoms with Crippen LogP contribution in [-0.4, -0.2) is 30.5 Å². The summed E-state index contributed by atoms with van der Waals surface area (Å²) in [7, 11) is 0. The van der Waals surface area contributed by atoms with Crippen molar-refractivity contribution in [1.29, 1.82) is 0 Å². The molecule has 0 aliphatic rings. The molecule has 1 unspecified atom stereocenters. The number of nitrogens with one attached hydrogen (secondary N) is 1. The highest BCUT2D eigenvalue weighted by atomic mass is 16.5. The van der Waals surface area contributed by atoms with Gasteiger partial charge in [-0.3, -0.25) is 0 Å². The number of aliphatic hydroxyl groups is 1. The lowest BCUT2D eigenvalue weighted by Crippen LogP contribution is -2.35.